The Morgan fingerprint density at radius 1 is 0.562 bits per heavy atom. The normalized spacial score (nSPS) is 10.8. The summed E-state index contributed by atoms with van der Waals surface area (Å²) in [6.45, 7) is 0. The number of aromatic amines is 2. The van der Waals surface area contributed by atoms with Crippen molar-refractivity contribution in [2.24, 2.45) is 0 Å². The molecule has 0 radical (unpaired) electrons. The molecule has 0 aliphatic rings. The van der Waals surface area contributed by atoms with Crippen molar-refractivity contribution in [3.63, 3.8) is 0 Å². The monoisotopic (exact) mass is 422 g/mol. The molecular formula is C26H22N4O2. The van der Waals surface area contributed by atoms with Crippen LogP contribution in [0.4, 0.5) is 0 Å². The summed E-state index contributed by atoms with van der Waals surface area (Å²) in [6.07, 6.45) is 0. The number of hydrogen-bond donors (Lipinski definition) is 2. The number of H-pyrrole nitrogens is 2. The lowest BCUT2D eigenvalue weighted by atomic mass is 10.0. The summed E-state index contributed by atoms with van der Waals surface area (Å²) in [7, 11) is 3.34. The van der Waals surface area contributed by atoms with Crippen LogP contribution in [0.15, 0.2) is 84.9 Å². The summed E-state index contributed by atoms with van der Waals surface area (Å²) < 4.78 is 11.0. The topological polar surface area (TPSA) is 75.8 Å². The molecule has 0 atom stereocenters. The first kappa shape index (κ1) is 19.6. The van der Waals surface area contributed by atoms with E-state index in [1.807, 2.05) is 78.9 Å². The Hall–Kier alpha value is -4.32. The van der Waals surface area contributed by atoms with Crippen molar-refractivity contribution in [2.75, 3.05) is 14.2 Å². The smallest absolute Gasteiger partial charge is 0.128 e. The van der Waals surface area contributed by atoms with Gasteiger partial charge in [-0.2, -0.15) is 10.2 Å². The molecule has 0 saturated heterocycles. The highest BCUT2D eigenvalue weighted by Crippen LogP contribution is 2.33. The fraction of sp³-hybridized carbons (Fsp3) is 0.0769. The zero-order chi connectivity index (χ0) is 21.9. The molecule has 32 heavy (non-hydrogen) atoms. The molecule has 5 aromatic rings. The fourth-order valence-corrected chi connectivity index (χ4v) is 3.79. The van der Waals surface area contributed by atoms with Crippen molar-refractivity contribution in [1.82, 2.24) is 20.4 Å². The van der Waals surface area contributed by atoms with Crippen molar-refractivity contribution in [3.05, 3.63) is 84.9 Å². The molecule has 2 aromatic heterocycles. The summed E-state index contributed by atoms with van der Waals surface area (Å²) in [5.41, 5.74) is 7.46. The Balaban J connectivity index is 1.47. The Morgan fingerprint density at radius 3 is 1.50 bits per heavy atom. The number of aromatic nitrogens is 4. The van der Waals surface area contributed by atoms with E-state index in [-0.39, 0.29) is 0 Å². The lowest BCUT2D eigenvalue weighted by molar-refractivity contribution is 0.416. The first-order valence-corrected chi connectivity index (χ1v) is 10.2. The van der Waals surface area contributed by atoms with Gasteiger partial charge in [0, 0.05) is 22.3 Å². The minimum atomic E-state index is 0.803. The van der Waals surface area contributed by atoms with E-state index < -0.39 is 0 Å². The Kier molecular flexibility index (Phi) is 5.17. The first-order valence-electron chi connectivity index (χ1n) is 10.2. The first-order chi connectivity index (χ1) is 15.8. The molecule has 6 heteroatoms. The fourth-order valence-electron chi connectivity index (χ4n) is 3.79. The molecule has 0 aliphatic carbocycles. The molecular weight excluding hydrogens is 400 g/mol. The zero-order valence-electron chi connectivity index (χ0n) is 17.8. The highest BCUT2D eigenvalue weighted by atomic mass is 16.5. The van der Waals surface area contributed by atoms with Crippen LogP contribution in [0.5, 0.6) is 11.5 Å². The molecule has 158 valence electrons. The van der Waals surface area contributed by atoms with Gasteiger partial charge in [-0.15, -0.1) is 0 Å². The largest absolute Gasteiger partial charge is 0.496 e. The van der Waals surface area contributed by atoms with Gasteiger partial charge >= 0.3 is 0 Å². The molecule has 0 unspecified atom stereocenters. The number of benzene rings is 3. The van der Waals surface area contributed by atoms with Crippen molar-refractivity contribution in [3.8, 4) is 56.5 Å². The van der Waals surface area contributed by atoms with E-state index in [2.05, 4.69) is 26.5 Å². The van der Waals surface area contributed by atoms with Gasteiger partial charge in [0.05, 0.1) is 37.0 Å². The minimum Gasteiger partial charge on any atom is -0.496 e. The molecule has 0 bridgehead atoms. The predicted octanol–water partition coefficient (Wildman–Crippen LogP) is 5.82. The van der Waals surface area contributed by atoms with Crippen LogP contribution < -0.4 is 9.47 Å². The summed E-state index contributed by atoms with van der Waals surface area (Å²) >= 11 is 0. The number of para-hydroxylation sites is 2. The number of methoxy groups -OCH3 is 2. The van der Waals surface area contributed by atoms with Crippen LogP contribution in [0.2, 0.25) is 0 Å². The zero-order valence-corrected chi connectivity index (χ0v) is 17.8. The van der Waals surface area contributed by atoms with Crippen LogP contribution in [0.25, 0.3) is 45.0 Å². The highest BCUT2D eigenvalue weighted by molar-refractivity contribution is 5.77. The Bertz CT molecular complexity index is 1270. The van der Waals surface area contributed by atoms with Gasteiger partial charge in [-0.05, 0) is 42.5 Å². The van der Waals surface area contributed by atoms with Crippen LogP contribution in [-0.2, 0) is 0 Å². The van der Waals surface area contributed by atoms with Gasteiger partial charge < -0.3 is 9.47 Å². The van der Waals surface area contributed by atoms with E-state index in [4.69, 9.17) is 9.47 Å². The summed E-state index contributed by atoms with van der Waals surface area (Å²) in [5.74, 6) is 1.61. The second kappa shape index (κ2) is 8.43. The van der Waals surface area contributed by atoms with Gasteiger partial charge in [0.25, 0.3) is 0 Å². The predicted molar refractivity (Wildman–Crippen MR) is 126 cm³/mol. The summed E-state index contributed by atoms with van der Waals surface area (Å²) in [5, 5.41) is 15.3. The van der Waals surface area contributed by atoms with Crippen LogP contribution in [-0.4, -0.2) is 34.6 Å². The van der Waals surface area contributed by atoms with E-state index in [9.17, 15) is 0 Å². The van der Waals surface area contributed by atoms with Gasteiger partial charge in [-0.3, -0.25) is 10.2 Å². The maximum atomic E-state index is 5.48. The SMILES string of the molecule is COc1ccccc1-c1cc(-c2cccc(-c3cc(-c4ccccc4OC)[nH]n3)c2)n[nH]1. The van der Waals surface area contributed by atoms with Crippen molar-refractivity contribution in [1.29, 1.82) is 0 Å². The standard InChI is InChI=1S/C26H22N4O2/c1-31-25-12-5-3-10-19(25)23-15-21(27-29-23)17-8-7-9-18(14-17)22-16-24(30-28-22)20-11-4-6-13-26(20)32-2/h3-16H,1-2H3,(H,27,29)(H,28,30). The van der Waals surface area contributed by atoms with Crippen molar-refractivity contribution in [2.45, 2.75) is 0 Å². The average Bonchev–Trinajstić information content (AvgIpc) is 3.54. The molecule has 2 N–H and O–H groups in total. The van der Waals surface area contributed by atoms with Gasteiger partial charge in [0.1, 0.15) is 11.5 Å². The number of hydrogen-bond acceptors (Lipinski definition) is 4. The van der Waals surface area contributed by atoms with E-state index >= 15 is 0 Å². The Morgan fingerprint density at radius 2 is 1.03 bits per heavy atom. The van der Waals surface area contributed by atoms with E-state index in [0.717, 1.165) is 56.5 Å². The third-order valence-electron chi connectivity index (χ3n) is 5.40. The van der Waals surface area contributed by atoms with Crippen molar-refractivity contribution < 1.29 is 9.47 Å². The second-order valence-electron chi connectivity index (χ2n) is 7.32. The highest BCUT2D eigenvalue weighted by Gasteiger charge is 2.13. The summed E-state index contributed by atoms with van der Waals surface area (Å²) in [4.78, 5) is 0. The third kappa shape index (κ3) is 3.63. The number of nitrogens with one attached hydrogen (secondary N) is 2. The maximum Gasteiger partial charge on any atom is 0.128 e. The molecule has 6 nitrogen and oxygen atoms in total. The van der Waals surface area contributed by atoms with Crippen LogP contribution >= 0.6 is 0 Å². The van der Waals surface area contributed by atoms with Gasteiger partial charge in [-0.25, -0.2) is 0 Å². The number of ether oxygens (including phenoxy) is 2. The lowest BCUT2D eigenvalue weighted by Crippen LogP contribution is -1.87. The number of nitrogens with zero attached hydrogens (tertiary/aromatic N) is 2. The quantitative estimate of drug-likeness (QED) is 0.362. The van der Waals surface area contributed by atoms with E-state index in [1.165, 1.54) is 0 Å². The summed E-state index contributed by atoms with van der Waals surface area (Å²) in [6, 6.07) is 28.0. The van der Waals surface area contributed by atoms with Crippen LogP contribution in [0, 0.1) is 0 Å². The minimum absolute atomic E-state index is 0.803. The van der Waals surface area contributed by atoms with Crippen molar-refractivity contribution >= 4 is 0 Å². The van der Waals surface area contributed by atoms with Gasteiger partial charge in [0.15, 0.2) is 0 Å². The van der Waals surface area contributed by atoms with Crippen LogP contribution in [0.1, 0.15) is 0 Å². The molecule has 0 aliphatic heterocycles. The van der Waals surface area contributed by atoms with E-state index in [1.54, 1.807) is 14.2 Å². The Labute approximate surface area is 185 Å². The molecule has 0 fully saturated rings. The molecule has 5 rings (SSSR count). The molecule has 3 aromatic carbocycles. The maximum absolute atomic E-state index is 5.48. The van der Waals surface area contributed by atoms with E-state index in [0.29, 0.717) is 0 Å². The second-order valence-corrected chi connectivity index (χ2v) is 7.32. The van der Waals surface area contributed by atoms with Gasteiger partial charge in [-0.1, -0.05) is 42.5 Å². The molecule has 2 heterocycles. The average molecular weight is 422 g/mol. The molecule has 0 saturated carbocycles. The molecule has 0 amide bonds. The lowest BCUT2D eigenvalue weighted by Gasteiger charge is -2.05. The molecule has 0 spiro atoms. The van der Waals surface area contributed by atoms with Crippen LogP contribution in [0.3, 0.4) is 0 Å². The number of rotatable bonds is 6. The van der Waals surface area contributed by atoms with Gasteiger partial charge in [0.2, 0.25) is 0 Å². The third-order valence-corrected chi connectivity index (χ3v) is 5.40.